The van der Waals surface area contributed by atoms with Gasteiger partial charge in [-0.25, -0.2) is 8.78 Å². The Hall–Kier alpha value is -0.960. The van der Waals surface area contributed by atoms with Crippen molar-refractivity contribution in [3.05, 3.63) is 34.9 Å². The number of aryl methyl sites for hydroxylation is 1. The summed E-state index contributed by atoms with van der Waals surface area (Å²) in [7, 11) is 1.67. The first-order valence-electron chi connectivity index (χ1n) is 6.47. The van der Waals surface area contributed by atoms with Crippen molar-refractivity contribution < 1.29 is 13.5 Å². The average molecular weight is 256 g/mol. The summed E-state index contributed by atoms with van der Waals surface area (Å²) in [6.07, 6.45) is -0.753. The summed E-state index contributed by atoms with van der Waals surface area (Å²) >= 11 is 0. The van der Waals surface area contributed by atoms with Crippen molar-refractivity contribution in [3.63, 3.8) is 0 Å². The summed E-state index contributed by atoms with van der Waals surface area (Å²) in [6, 6.07) is 6.23. The van der Waals surface area contributed by atoms with Crippen LogP contribution in [0.3, 0.4) is 0 Å². The third-order valence-corrected chi connectivity index (χ3v) is 3.30. The summed E-state index contributed by atoms with van der Waals surface area (Å²) < 4.78 is 29.6. The highest BCUT2D eigenvalue weighted by atomic mass is 19.3. The molecule has 1 aromatic rings. The minimum absolute atomic E-state index is 0.0314. The van der Waals surface area contributed by atoms with Gasteiger partial charge < -0.3 is 4.74 Å². The van der Waals surface area contributed by atoms with Crippen molar-refractivity contribution in [2.75, 3.05) is 7.11 Å². The topological polar surface area (TPSA) is 9.23 Å². The molecule has 0 N–H and O–H groups in total. The second-order valence-electron chi connectivity index (χ2n) is 4.68. The van der Waals surface area contributed by atoms with Gasteiger partial charge in [0.25, 0.3) is 0 Å². The fourth-order valence-electron chi connectivity index (χ4n) is 2.13. The number of ether oxygens (including phenoxy) is 1. The third-order valence-electron chi connectivity index (χ3n) is 3.30. The lowest BCUT2D eigenvalue weighted by Gasteiger charge is -2.15. The zero-order valence-corrected chi connectivity index (χ0v) is 11.4. The van der Waals surface area contributed by atoms with E-state index in [-0.39, 0.29) is 12.3 Å². The minimum atomic E-state index is -2.21. The number of hydrogen-bond donors (Lipinski definition) is 0. The van der Waals surface area contributed by atoms with Gasteiger partial charge in [0, 0.05) is 13.5 Å². The summed E-state index contributed by atoms with van der Waals surface area (Å²) in [5, 5.41) is 0. The van der Waals surface area contributed by atoms with Crippen molar-refractivity contribution >= 4 is 0 Å². The molecule has 0 radical (unpaired) electrons. The van der Waals surface area contributed by atoms with E-state index in [0.29, 0.717) is 13.0 Å². The Morgan fingerprint density at radius 1 is 1.17 bits per heavy atom. The Labute approximate surface area is 108 Å². The highest BCUT2D eigenvalue weighted by molar-refractivity contribution is 5.33. The Morgan fingerprint density at radius 2 is 1.89 bits per heavy atom. The Morgan fingerprint density at radius 3 is 2.44 bits per heavy atom. The molecule has 0 fully saturated rings. The average Bonchev–Trinajstić information content (AvgIpc) is 2.36. The van der Waals surface area contributed by atoms with E-state index in [9.17, 15) is 8.78 Å². The quantitative estimate of drug-likeness (QED) is 0.695. The van der Waals surface area contributed by atoms with Crippen molar-refractivity contribution in [2.24, 2.45) is 0 Å². The van der Waals surface area contributed by atoms with Gasteiger partial charge >= 0.3 is 0 Å². The van der Waals surface area contributed by atoms with Gasteiger partial charge in [0.05, 0.1) is 6.61 Å². The molecule has 18 heavy (non-hydrogen) atoms. The number of halogens is 2. The van der Waals surface area contributed by atoms with Crippen LogP contribution >= 0.6 is 0 Å². The van der Waals surface area contributed by atoms with Gasteiger partial charge in [-0.15, -0.1) is 0 Å². The maximum absolute atomic E-state index is 12.2. The second-order valence-corrected chi connectivity index (χ2v) is 4.68. The summed E-state index contributed by atoms with van der Waals surface area (Å²) in [5.74, 6) is 0.167. The van der Waals surface area contributed by atoms with Crippen LogP contribution in [0, 0.1) is 0 Å². The Bertz CT molecular complexity index is 364. The Balaban J connectivity index is 2.79. The molecule has 0 aliphatic carbocycles. The zero-order chi connectivity index (χ0) is 13.5. The first-order valence-corrected chi connectivity index (χ1v) is 6.47. The summed E-state index contributed by atoms with van der Waals surface area (Å²) in [5.41, 5.74) is 3.56. The molecule has 1 unspecified atom stereocenters. The van der Waals surface area contributed by atoms with E-state index in [4.69, 9.17) is 4.74 Å². The predicted octanol–water partition coefficient (Wildman–Crippen LogP) is 4.54. The molecule has 0 saturated carbocycles. The molecule has 3 heteroatoms. The molecule has 0 heterocycles. The molecular formula is C15H22F2O. The number of rotatable bonds is 7. The van der Waals surface area contributed by atoms with Gasteiger partial charge in [0.2, 0.25) is 6.43 Å². The molecule has 0 spiro atoms. The van der Waals surface area contributed by atoms with Gasteiger partial charge in [-0.05, 0) is 35.4 Å². The number of hydrogen-bond acceptors (Lipinski definition) is 1. The van der Waals surface area contributed by atoms with Crippen LogP contribution in [0.1, 0.15) is 49.3 Å². The van der Waals surface area contributed by atoms with E-state index in [1.807, 2.05) is 13.0 Å². The number of alkyl halides is 2. The van der Waals surface area contributed by atoms with Crippen LogP contribution in [0.25, 0.3) is 0 Å². The molecule has 1 rings (SSSR count). The summed E-state index contributed by atoms with van der Waals surface area (Å²) in [6.45, 7) is 4.69. The van der Waals surface area contributed by atoms with Crippen LogP contribution in [0.2, 0.25) is 0 Å². The maximum atomic E-state index is 12.2. The van der Waals surface area contributed by atoms with E-state index in [1.54, 1.807) is 7.11 Å². The van der Waals surface area contributed by atoms with Gasteiger partial charge in [0.15, 0.2) is 0 Å². The fraction of sp³-hybridized carbons (Fsp3) is 0.600. The van der Waals surface area contributed by atoms with Crippen LogP contribution in [0.5, 0.6) is 0 Å². The van der Waals surface area contributed by atoms with Crippen molar-refractivity contribution in [3.8, 4) is 0 Å². The molecule has 1 aromatic carbocycles. The maximum Gasteiger partial charge on any atom is 0.238 e. The molecule has 1 atom stereocenters. The lowest BCUT2D eigenvalue weighted by atomic mass is 9.92. The largest absolute Gasteiger partial charge is 0.380 e. The zero-order valence-electron chi connectivity index (χ0n) is 11.4. The Kier molecular flexibility index (Phi) is 6.27. The number of benzene rings is 1. The predicted molar refractivity (Wildman–Crippen MR) is 70.2 cm³/mol. The van der Waals surface area contributed by atoms with Crippen LogP contribution in [0.15, 0.2) is 18.2 Å². The summed E-state index contributed by atoms with van der Waals surface area (Å²) in [4.78, 5) is 0. The van der Waals surface area contributed by atoms with Gasteiger partial charge in [-0.2, -0.15) is 0 Å². The minimum Gasteiger partial charge on any atom is -0.380 e. The standard InChI is InChI=1S/C15H22F2O/c1-4-12-6-7-13(9-14(12)10-18-3)11(2)5-8-15(16)17/h6-7,9,11,15H,4-5,8,10H2,1-3H3. The lowest BCUT2D eigenvalue weighted by Crippen LogP contribution is -2.01. The molecule has 0 bridgehead atoms. The molecule has 0 aliphatic heterocycles. The van der Waals surface area contributed by atoms with Gasteiger partial charge in [-0.3, -0.25) is 0 Å². The first-order chi connectivity index (χ1) is 8.58. The molecule has 0 aromatic heterocycles. The van der Waals surface area contributed by atoms with Crippen molar-refractivity contribution in [2.45, 2.75) is 52.1 Å². The number of methoxy groups -OCH3 is 1. The van der Waals surface area contributed by atoms with Crippen molar-refractivity contribution in [1.82, 2.24) is 0 Å². The SMILES string of the molecule is CCc1ccc(C(C)CCC(F)F)cc1COC. The van der Waals surface area contributed by atoms with E-state index in [2.05, 4.69) is 19.1 Å². The van der Waals surface area contributed by atoms with E-state index in [0.717, 1.165) is 12.0 Å². The van der Waals surface area contributed by atoms with Crippen LogP contribution in [-0.2, 0) is 17.8 Å². The molecule has 0 aliphatic rings. The van der Waals surface area contributed by atoms with Crippen molar-refractivity contribution in [1.29, 1.82) is 0 Å². The monoisotopic (exact) mass is 256 g/mol. The second kappa shape index (κ2) is 7.47. The van der Waals surface area contributed by atoms with Crippen LogP contribution in [0.4, 0.5) is 8.78 Å². The molecule has 0 amide bonds. The molecule has 0 saturated heterocycles. The molecule has 1 nitrogen and oxygen atoms in total. The highest BCUT2D eigenvalue weighted by Crippen LogP contribution is 2.25. The van der Waals surface area contributed by atoms with E-state index in [1.165, 1.54) is 11.1 Å². The molecular weight excluding hydrogens is 234 g/mol. The van der Waals surface area contributed by atoms with E-state index < -0.39 is 6.43 Å². The van der Waals surface area contributed by atoms with Gasteiger partial charge in [0.1, 0.15) is 0 Å². The molecule has 102 valence electrons. The van der Waals surface area contributed by atoms with Crippen LogP contribution in [-0.4, -0.2) is 13.5 Å². The normalized spacial score (nSPS) is 13.0. The van der Waals surface area contributed by atoms with E-state index >= 15 is 0 Å². The third kappa shape index (κ3) is 4.37. The first kappa shape index (κ1) is 15.1. The van der Waals surface area contributed by atoms with Crippen LogP contribution < -0.4 is 0 Å². The lowest BCUT2D eigenvalue weighted by molar-refractivity contribution is 0.132. The van der Waals surface area contributed by atoms with Gasteiger partial charge in [-0.1, -0.05) is 32.0 Å². The fourth-order valence-corrected chi connectivity index (χ4v) is 2.13. The smallest absolute Gasteiger partial charge is 0.238 e. The highest BCUT2D eigenvalue weighted by Gasteiger charge is 2.11.